The molecule has 1 amide bonds. The van der Waals surface area contributed by atoms with Crippen molar-refractivity contribution in [3.05, 3.63) is 71.3 Å². The highest BCUT2D eigenvalue weighted by Crippen LogP contribution is 2.17. The maximum Gasteiger partial charge on any atom is 0.251 e. The average Bonchev–Trinajstić information content (AvgIpc) is 3.24. The summed E-state index contributed by atoms with van der Waals surface area (Å²) in [6, 6.07) is 9.43. The molecular formula is C19H23N5O. The fourth-order valence-corrected chi connectivity index (χ4v) is 2.87. The Morgan fingerprint density at radius 3 is 2.80 bits per heavy atom. The minimum Gasteiger partial charge on any atom is -0.345 e. The van der Waals surface area contributed by atoms with Crippen molar-refractivity contribution in [3.8, 4) is 0 Å². The van der Waals surface area contributed by atoms with E-state index in [9.17, 15) is 4.79 Å². The SMILES string of the molecule is CCn1cc(C(C)NC(=O)c2cccc(Cn3cccn3)c2)c(C)n1. The average molecular weight is 337 g/mol. The highest BCUT2D eigenvalue weighted by atomic mass is 16.1. The summed E-state index contributed by atoms with van der Waals surface area (Å²) in [6.45, 7) is 7.46. The van der Waals surface area contributed by atoms with Gasteiger partial charge in [-0.3, -0.25) is 14.2 Å². The van der Waals surface area contributed by atoms with Gasteiger partial charge in [0.15, 0.2) is 0 Å². The summed E-state index contributed by atoms with van der Waals surface area (Å²) in [4.78, 5) is 12.6. The van der Waals surface area contributed by atoms with Gasteiger partial charge in [-0.2, -0.15) is 10.2 Å². The normalized spacial score (nSPS) is 12.1. The maximum atomic E-state index is 12.6. The van der Waals surface area contributed by atoms with Crippen LogP contribution in [0.1, 0.15) is 47.1 Å². The van der Waals surface area contributed by atoms with E-state index in [4.69, 9.17) is 0 Å². The lowest BCUT2D eigenvalue weighted by Gasteiger charge is -2.14. The molecule has 0 bridgehead atoms. The molecule has 0 spiro atoms. The number of benzene rings is 1. The fraction of sp³-hybridized carbons (Fsp3) is 0.316. The van der Waals surface area contributed by atoms with E-state index in [-0.39, 0.29) is 11.9 Å². The highest BCUT2D eigenvalue weighted by Gasteiger charge is 2.16. The molecule has 2 aromatic heterocycles. The molecule has 6 nitrogen and oxygen atoms in total. The number of rotatable bonds is 6. The second-order valence-corrected chi connectivity index (χ2v) is 6.12. The Balaban J connectivity index is 1.71. The maximum absolute atomic E-state index is 12.6. The van der Waals surface area contributed by atoms with Gasteiger partial charge in [-0.15, -0.1) is 0 Å². The molecule has 3 rings (SSSR count). The first-order chi connectivity index (χ1) is 12.1. The zero-order valence-corrected chi connectivity index (χ0v) is 14.8. The highest BCUT2D eigenvalue weighted by molar-refractivity contribution is 5.94. The van der Waals surface area contributed by atoms with Crippen molar-refractivity contribution in [1.29, 1.82) is 0 Å². The predicted octanol–water partition coefficient (Wildman–Crippen LogP) is 2.95. The molecule has 3 aromatic rings. The summed E-state index contributed by atoms with van der Waals surface area (Å²) in [6.07, 6.45) is 5.65. The molecule has 2 heterocycles. The summed E-state index contributed by atoms with van der Waals surface area (Å²) in [5, 5.41) is 11.7. The van der Waals surface area contributed by atoms with Crippen molar-refractivity contribution in [3.63, 3.8) is 0 Å². The number of carbonyl (C=O) groups is 1. The lowest BCUT2D eigenvalue weighted by Crippen LogP contribution is -2.27. The van der Waals surface area contributed by atoms with Crippen LogP contribution in [-0.4, -0.2) is 25.5 Å². The summed E-state index contributed by atoms with van der Waals surface area (Å²) < 4.78 is 3.72. The van der Waals surface area contributed by atoms with Crippen molar-refractivity contribution >= 4 is 5.91 Å². The molecule has 0 aliphatic heterocycles. The van der Waals surface area contributed by atoms with Gasteiger partial charge in [-0.05, 0) is 44.5 Å². The third-order valence-electron chi connectivity index (χ3n) is 4.22. The van der Waals surface area contributed by atoms with Crippen LogP contribution in [0.2, 0.25) is 0 Å². The van der Waals surface area contributed by atoms with Gasteiger partial charge >= 0.3 is 0 Å². The van der Waals surface area contributed by atoms with Gasteiger partial charge in [0.05, 0.1) is 18.3 Å². The summed E-state index contributed by atoms with van der Waals surface area (Å²) in [5.74, 6) is -0.0848. The summed E-state index contributed by atoms with van der Waals surface area (Å²) in [5.41, 5.74) is 3.68. The quantitative estimate of drug-likeness (QED) is 0.752. The minimum atomic E-state index is -0.0948. The second kappa shape index (κ2) is 7.34. The molecule has 0 aliphatic rings. The molecule has 1 atom stereocenters. The molecule has 0 saturated heterocycles. The van der Waals surface area contributed by atoms with E-state index in [1.807, 2.05) is 72.9 Å². The zero-order chi connectivity index (χ0) is 17.8. The molecule has 1 unspecified atom stereocenters. The van der Waals surface area contributed by atoms with Crippen molar-refractivity contribution in [2.75, 3.05) is 0 Å². The van der Waals surface area contributed by atoms with Crippen LogP contribution in [0.5, 0.6) is 0 Å². The molecule has 0 aliphatic carbocycles. The number of aryl methyl sites for hydroxylation is 2. The van der Waals surface area contributed by atoms with Crippen LogP contribution >= 0.6 is 0 Å². The van der Waals surface area contributed by atoms with E-state index in [1.165, 1.54) is 0 Å². The van der Waals surface area contributed by atoms with Gasteiger partial charge in [0.1, 0.15) is 0 Å². The van der Waals surface area contributed by atoms with Crippen LogP contribution in [0.4, 0.5) is 0 Å². The van der Waals surface area contributed by atoms with Crippen molar-refractivity contribution in [2.45, 2.75) is 39.9 Å². The summed E-state index contributed by atoms with van der Waals surface area (Å²) in [7, 11) is 0. The van der Waals surface area contributed by atoms with E-state index in [1.54, 1.807) is 6.20 Å². The van der Waals surface area contributed by atoms with Crippen LogP contribution in [0.3, 0.4) is 0 Å². The third-order valence-corrected chi connectivity index (χ3v) is 4.22. The second-order valence-electron chi connectivity index (χ2n) is 6.12. The Labute approximate surface area is 147 Å². The lowest BCUT2D eigenvalue weighted by molar-refractivity contribution is 0.0939. The van der Waals surface area contributed by atoms with E-state index in [0.29, 0.717) is 12.1 Å². The Bertz CT molecular complexity index is 851. The number of carbonyl (C=O) groups excluding carboxylic acids is 1. The van der Waals surface area contributed by atoms with Crippen LogP contribution in [0.15, 0.2) is 48.9 Å². The fourth-order valence-electron chi connectivity index (χ4n) is 2.87. The van der Waals surface area contributed by atoms with Crippen molar-refractivity contribution < 1.29 is 4.79 Å². The topological polar surface area (TPSA) is 64.7 Å². The molecule has 6 heteroatoms. The van der Waals surface area contributed by atoms with Crippen LogP contribution in [-0.2, 0) is 13.1 Å². The molecular weight excluding hydrogens is 314 g/mol. The minimum absolute atomic E-state index is 0.0848. The smallest absolute Gasteiger partial charge is 0.251 e. The van der Waals surface area contributed by atoms with Gasteiger partial charge in [-0.1, -0.05) is 12.1 Å². The van der Waals surface area contributed by atoms with E-state index in [2.05, 4.69) is 15.5 Å². The van der Waals surface area contributed by atoms with Gasteiger partial charge in [-0.25, -0.2) is 0 Å². The molecule has 0 radical (unpaired) electrons. The van der Waals surface area contributed by atoms with Gasteiger partial charge in [0, 0.05) is 36.3 Å². The van der Waals surface area contributed by atoms with Crippen molar-refractivity contribution in [1.82, 2.24) is 24.9 Å². The van der Waals surface area contributed by atoms with Crippen LogP contribution in [0.25, 0.3) is 0 Å². The number of nitrogens with zero attached hydrogens (tertiary/aromatic N) is 4. The number of nitrogens with one attached hydrogen (secondary N) is 1. The Hall–Kier alpha value is -2.89. The molecule has 25 heavy (non-hydrogen) atoms. The first-order valence-electron chi connectivity index (χ1n) is 8.48. The molecule has 130 valence electrons. The van der Waals surface area contributed by atoms with Gasteiger partial charge in [0.25, 0.3) is 5.91 Å². The first-order valence-corrected chi connectivity index (χ1v) is 8.48. The largest absolute Gasteiger partial charge is 0.345 e. The molecule has 0 fully saturated rings. The van der Waals surface area contributed by atoms with Gasteiger partial charge < -0.3 is 5.32 Å². The Morgan fingerprint density at radius 2 is 2.12 bits per heavy atom. The summed E-state index contributed by atoms with van der Waals surface area (Å²) >= 11 is 0. The predicted molar refractivity (Wildman–Crippen MR) is 96.3 cm³/mol. The van der Waals surface area contributed by atoms with Crippen LogP contribution in [0, 0.1) is 6.92 Å². The molecule has 0 saturated carbocycles. The zero-order valence-electron chi connectivity index (χ0n) is 14.8. The van der Waals surface area contributed by atoms with Crippen LogP contribution < -0.4 is 5.32 Å². The van der Waals surface area contributed by atoms with E-state index < -0.39 is 0 Å². The van der Waals surface area contributed by atoms with E-state index in [0.717, 1.165) is 23.4 Å². The van der Waals surface area contributed by atoms with Gasteiger partial charge in [0.2, 0.25) is 0 Å². The number of amides is 1. The standard InChI is InChI=1S/C19H23N5O/c1-4-23-13-18(15(3)22-23)14(2)21-19(25)17-8-5-7-16(11-17)12-24-10-6-9-20-24/h5-11,13-14H,4,12H2,1-3H3,(H,21,25). The molecule has 1 N–H and O–H groups in total. The first kappa shape index (κ1) is 17.0. The molecule has 1 aromatic carbocycles. The monoisotopic (exact) mass is 337 g/mol. The number of aromatic nitrogens is 4. The lowest BCUT2D eigenvalue weighted by atomic mass is 10.1. The Kier molecular flexibility index (Phi) is 4.97. The van der Waals surface area contributed by atoms with E-state index >= 15 is 0 Å². The number of hydrogen-bond donors (Lipinski definition) is 1. The van der Waals surface area contributed by atoms with Crippen molar-refractivity contribution in [2.24, 2.45) is 0 Å². The third kappa shape index (κ3) is 3.96. The Morgan fingerprint density at radius 1 is 1.28 bits per heavy atom. The number of hydrogen-bond acceptors (Lipinski definition) is 3.